The minimum atomic E-state index is -3.29. The molecule has 100 valence electrons. The van der Waals surface area contributed by atoms with Crippen molar-refractivity contribution in [3.05, 3.63) is 0 Å². The average Bonchev–Trinajstić information content (AvgIpc) is 2.26. The van der Waals surface area contributed by atoms with E-state index in [1.807, 2.05) is 13.8 Å². The van der Waals surface area contributed by atoms with Gasteiger partial charge in [-0.25, -0.2) is 8.42 Å². The molecular formula is C11H21NO4S. The Morgan fingerprint density at radius 2 is 2.06 bits per heavy atom. The smallest absolute Gasteiger partial charge is 0.307 e. The van der Waals surface area contributed by atoms with E-state index in [0.29, 0.717) is 19.3 Å². The van der Waals surface area contributed by atoms with Crippen LogP contribution in [0.5, 0.6) is 0 Å². The van der Waals surface area contributed by atoms with Crippen LogP contribution in [0.3, 0.4) is 0 Å². The number of aliphatic carboxylic acids is 1. The number of piperidine rings is 1. The zero-order chi connectivity index (χ0) is 13.1. The first-order chi connectivity index (χ1) is 7.88. The van der Waals surface area contributed by atoms with E-state index in [0.717, 1.165) is 6.42 Å². The zero-order valence-electron chi connectivity index (χ0n) is 10.4. The van der Waals surface area contributed by atoms with Gasteiger partial charge in [0.2, 0.25) is 10.0 Å². The van der Waals surface area contributed by atoms with E-state index in [1.54, 1.807) is 0 Å². The molecule has 17 heavy (non-hydrogen) atoms. The standard InChI is InChI=1S/C11H21NO4S/c1-3-4-7-17(15,16)12-8-10(11(13)14)6-5-9(12)2/h9-10H,3-8H2,1-2H3,(H,13,14). The van der Waals surface area contributed by atoms with Gasteiger partial charge < -0.3 is 5.11 Å². The third-order valence-electron chi connectivity index (χ3n) is 3.29. The molecule has 6 heteroatoms. The van der Waals surface area contributed by atoms with Crippen molar-refractivity contribution in [2.45, 2.75) is 45.6 Å². The summed E-state index contributed by atoms with van der Waals surface area (Å²) in [5.41, 5.74) is 0. The van der Waals surface area contributed by atoms with E-state index in [4.69, 9.17) is 5.11 Å². The fourth-order valence-electron chi connectivity index (χ4n) is 2.11. The monoisotopic (exact) mass is 263 g/mol. The molecule has 0 aromatic rings. The van der Waals surface area contributed by atoms with Gasteiger partial charge in [-0.2, -0.15) is 4.31 Å². The SMILES string of the molecule is CCCCS(=O)(=O)N1CC(C(=O)O)CCC1C. The summed E-state index contributed by atoms with van der Waals surface area (Å²) in [4.78, 5) is 10.9. The Kier molecular flexibility index (Phi) is 4.94. The van der Waals surface area contributed by atoms with Crippen LogP contribution in [0.2, 0.25) is 0 Å². The Bertz CT molecular complexity index is 366. The van der Waals surface area contributed by atoms with E-state index >= 15 is 0 Å². The van der Waals surface area contributed by atoms with Gasteiger partial charge in [-0.3, -0.25) is 4.79 Å². The summed E-state index contributed by atoms with van der Waals surface area (Å²) in [6, 6.07) is -0.0764. The van der Waals surface area contributed by atoms with Gasteiger partial charge in [0.05, 0.1) is 11.7 Å². The molecule has 0 aromatic heterocycles. The molecule has 1 heterocycles. The summed E-state index contributed by atoms with van der Waals surface area (Å²) in [6.45, 7) is 3.92. The minimum absolute atomic E-state index is 0.0764. The molecule has 0 spiro atoms. The maximum atomic E-state index is 12.1. The topological polar surface area (TPSA) is 74.7 Å². The highest BCUT2D eigenvalue weighted by molar-refractivity contribution is 7.89. The fourth-order valence-corrected chi connectivity index (χ4v) is 4.06. The molecule has 1 fully saturated rings. The van der Waals surface area contributed by atoms with E-state index in [9.17, 15) is 13.2 Å². The molecule has 5 nitrogen and oxygen atoms in total. The third-order valence-corrected chi connectivity index (χ3v) is 5.32. The van der Waals surface area contributed by atoms with Crippen LogP contribution in [-0.2, 0) is 14.8 Å². The van der Waals surface area contributed by atoms with Crippen molar-refractivity contribution in [1.29, 1.82) is 0 Å². The van der Waals surface area contributed by atoms with Crippen LogP contribution < -0.4 is 0 Å². The quantitative estimate of drug-likeness (QED) is 0.811. The Morgan fingerprint density at radius 1 is 1.41 bits per heavy atom. The van der Waals surface area contributed by atoms with Crippen molar-refractivity contribution in [1.82, 2.24) is 4.31 Å². The van der Waals surface area contributed by atoms with Crippen LogP contribution in [-0.4, -0.2) is 42.1 Å². The van der Waals surface area contributed by atoms with E-state index in [2.05, 4.69) is 0 Å². The molecule has 0 aliphatic carbocycles. The number of rotatable bonds is 5. The van der Waals surface area contributed by atoms with Crippen molar-refractivity contribution in [2.24, 2.45) is 5.92 Å². The second kappa shape index (κ2) is 5.82. The number of carbonyl (C=O) groups is 1. The first kappa shape index (κ1) is 14.4. The number of sulfonamides is 1. The molecule has 0 amide bonds. The van der Waals surface area contributed by atoms with Crippen molar-refractivity contribution >= 4 is 16.0 Å². The summed E-state index contributed by atoms with van der Waals surface area (Å²) in [5, 5.41) is 8.96. The zero-order valence-corrected chi connectivity index (χ0v) is 11.2. The highest BCUT2D eigenvalue weighted by Crippen LogP contribution is 2.25. The van der Waals surface area contributed by atoms with Crippen molar-refractivity contribution < 1.29 is 18.3 Å². The number of carboxylic acids is 1. The summed E-state index contributed by atoms with van der Waals surface area (Å²) < 4.78 is 25.5. The van der Waals surface area contributed by atoms with Gasteiger partial charge in [-0.15, -0.1) is 0 Å². The number of carboxylic acid groups (broad SMARTS) is 1. The highest BCUT2D eigenvalue weighted by atomic mass is 32.2. The second-order valence-electron chi connectivity index (χ2n) is 4.70. The molecule has 1 rings (SSSR count). The van der Waals surface area contributed by atoms with Gasteiger partial charge in [0, 0.05) is 12.6 Å². The first-order valence-electron chi connectivity index (χ1n) is 6.10. The largest absolute Gasteiger partial charge is 0.481 e. The van der Waals surface area contributed by atoms with Gasteiger partial charge in [0.25, 0.3) is 0 Å². The number of nitrogens with zero attached hydrogens (tertiary/aromatic N) is 1. The lowest BCUT2D eigenvalue weighted by Crippen LogP contribution is -2.48. The van der Waals surface area contributed by atoms with Crippen LogP contribution >= 0.6 is 0 Å². The maximum Gasteiger partial charge on any atom is 0.307 e. The number of hydrogen-bond donors (Lipinski definition) is 1. The van der Waals surface area contributed by atoms with E-state index in [-0.39, 0.29) is 18.3 Å². The predicted molar refractivity (Wildman–Crippen MR) is 65.2 cm³/mol. The number of unbranched alkanes of at least 4 members (excludes halogenated alkanes) is 1. The van der Waals surface area contributed by atoms with Crippen molar-refractivity contribution in [3.63, 3.8) is 0 Å². The normalized spacial score (nSPS) is 26.9. The molecule has 1 saturated heterocycles. The fraction of sp³-hybridized carbons (Fsp3) is 0.909. The van der Waals surface area contributed by atoms with Gasteiger partial charge in [0.1, 0.15) is 0 Å². The third kappa shape index (κ3) is 3.67. The van der Waals surface area contributed by atoms with Crippen LogP contribution in [0, 0.1) is 5.92 Å². The minimum Gasteiger partial charge on any atom is -0.481 e. The van der Waals surface area contributed by atoms with Crippen LogP contribution in [0.1, 0.15) is 39.5 Å². The average molecular weight is 263 g/mol. The highest BCUT2D eigenvalue weighted by Gasteiger charge is 2.35. The Morgan fingerprint density at radius 3 is 2.59 bits per heavy atom. The van der Waals surface area contributed by atoms with Gasteiger partial charge in [-0.1, -0.05) is 13.3 Å². The van der Waals surface area contributed by atoms with Crippen LogP contribution in [0.15, 0.2) is 0 Å². The summed E-state index contributed by atoms with van der Waals surface area (Å²) in [6.07, 6.45) is 2.64. The summed E-state index contributed by atoms with van der Waals surface area (Å²) in [7, 11) is -3.29. The molecule has 1 aliphatic heterocycles. The maximum absolute atomic E-state index is 12.1. The number of hydrogen-bond acceptors (Lipinski definition) is 3. The summed E-state index contributed by atoms with van der Waals surface area (Å²) in [5.74, 6) is -1.32. The molecule has 1 aliphatic rings. The van der Waals surface area contributed by atoms with E-state index in [1.165, 1.54) is 4.31 Å². The van der Waals surface area contributed by atoms with Crippen LogP contribution in [0.25, 0.3) is 0 Å². The van der Waals surface area contributed by atoms with Gasteiger partial charge in [0.15, 0.2) is 0 Å². The molecule has 0 saturated carbocycles. The van der Waals surface area contributed by atoms with Gasteiger partial charge in [-0.05, 0) is 26.2 Å². The Hall–Kier alpha value is -0.620. The lowest BCUT2D eigenvalue weighted by Gasteiger charge is -2.35. The molecule has 1 N–H and O–H groups in total. The second-order valence-corrected chi connectivity index (χ2v) is 6.74. The Balaban J connectivity index is 2.76. The van der Waals surface area contributed by atoms with Gasteiger partial charge >= 0.3 is 5.97 Å². The van der Waals surface area contributed by atoms with Crippen molar-refractivity contribution in [2.75, 3.05) is 12.3 Å². The lowest BCUT2D eigenvalue weighted by atomic mass is 9.96. The van der Waals surface area contributed by atoms with Crippen LogP contribution in [0.4, 0.5) is 0 Å². The van der Waals surface area contributed by atoms with E-state index < -0.39 is 21.9 Å². The first-order valence-corrected chi connectivity index (χ1v) is 7.71. The predicted octanol–water partition coefficient (Wildman–Crippen LogP) is 1.30. The lowest BCUT2D eigenvalue weighted by molar-refractivity contribution is -0.143. The summed E-state index contributed by atoms with van der Waals surface area (Å²) >= 11 is 0. The molecular weight excluding hydrogens is 242 g/mol. The van der Waals surface area contributed by atoms with Crippen molar-refractivity contribution in [3.8, 4) is 0 Å². The molecule has 0 bridgehead atoms. The molecule has 2 atom stereocenters. The molecule has 0 aromatic carbocycles. The molecule has 2 unspecified atom stereocenters. The molecule has 0 radical (unpaired) electrons. The Labute approximate surface area is 103 Å².